The molecule has 1 heterocycles. The molecule has 3 N–H and O–H groups in total. The summed E-state index contributed by atoms with van der Waals surface area (Å²) in [6, 6.07) is 9.46. The Morgan fingerprint density at radius 3 is 2.35 bits per heavy atom. The van der Waals surface area contributed by atoms with Crippen LogP contribution in [0.5, 0.6) is 0 Å². The number of primary amides is 1. The van der Waals surface area contributed by atoms with Crippen LogP contribution in [0.2, 0.25) is 0 Å². The zero-order chi connectivity index (χ0) is 14.6. The van der Waals surface area contributed by atoms with E-state index in [1.807, 2.05) is 30.3 Å². The van der Waals surface area contributed by atoms with Gasteiger partial charge >= 0.3 is 6.09 Å². The fourth-order valence-corrected chi connectivity index (χ4v) is 2.43. The van der Waals surface area contributed by atoms with Gasteiger partial charge in [0.1, 0.15) is 5.54 Å². The summed E-state index contributed by atoms with van der Waals surface area (Å²) in [6.45, 7) is 0.880. The molecule has 108 valence electrons. The fourth-order valence-electron chi connectivity index (χ4n) is 2.43. The topological polar surface area (TPSA) is 84.7 Å². The van der Waals surface area contributed by atoms with E-state index in [9.17, 15) is 9.59 Å². The van der Waals surface area contributed by atoms with E-state index in [0.29, 0.717) is 25.9 Å². The maximum absolute atomic E-state index is 11.9. The van der Waals surface area contributed by atoms with Gasteiger partial charge in [-0.15, -0.1) is 0 Å². The minimum Gasteiger partial charge on any atom is -0.453 e. The third-order valence-corrected chi connectivity index (χ3v) is 3.68. The van der Waals surface area contributed by atoms with E-state index >= 15 is 0 Å². The first-order valence-corrected chi connectivity index (χ1v) is 6.53. The van der Waals surface area contributed by atoms with Crippen LogP contribution in [-0.2, 0) is 9.53 Å². The molecule has 1 fully saturated rings. The zero-order valence-electron chi connectivity index (χ0n) is 11.5. The average molecular weight is 277 g/mol. The number of anilines is 1. The normalized spacial score (nSPS) is 17.4. The number of methoxy groups -OCH3 is 1. The SMILES string of the molecule is COC(=O)N1CCC(Nc2ccccc2)(C(N)=O)CC1. The number of para-hydroxylation sites is 1. The lowest BCUT2D eigenvalue weighted by Gasteiger charge is -2.40. The van der Waals surface area contributed by atoms with Gasteiger partial charge in [0.15, 0.2) is 0 Å². The van der Waals surface area contributed by atoms with Crippen LogP contribution in [0.1, 0.15) is 12.8 Å². The Hall–Kier alpha value is -2.24. The molecule has 0 atom stereocenters. The smallest absolute Gasteiger partial charge is 0.409 e. The Morgan fingerprint density at radius 2 is 1.85 bits per heavy atom. The van der Waals surface area contributed by atoms with Crippen molar-refractivity contribution >= 4 is 17.7 Å². The number of hydrogen-bond donors (Lipinski definition) is 2. The van der Waals surface area contributed by atoms with Gasteiger partial charge in [-0.05, 0) is 25.0 Å². The molecule has 1 aromatic rings. The summed E-state index contributed by atoms with van der Waals surface area (Å²) in [5.41, 5.74) is 5.60. The van der Waals surface area contributed by atoms with Crippen LogP contribution in [0.25, 0.3) is 0 Å². The monoisotopic (exact) mass is 277 g/mol. The Bertz CT molecular complexity index is 482. The van der Waals surface area contributed by atoms with E-state index < -0.39 is 11.4 Å². The van der Waals surface area contributed by atoms with E-state index in [1.54, 1.807) is 4.90 Å². The highest BCUT2D eigenvalue weighted by molar-refractivity contribution is 5.88. The molecule has 6 heteroatoms. The van der Waals surface area contributed by atoms with Crippen molar-refractivity contribution in [1.82, 2.24) is 4.90 Å². The molecule has 2 amide bonds. The molecule has 2 rings (SSSR count). The number of carbonyl (C=O) groups is 2. The number of nitrogens with zero attached hydrogens (tertiary/aromatic N) is 1. The molecule has 0 radical (unpaired) electrons. The van der Waals surface area contributed by atoms with Gasteiger partial charge in [-0.25, -0.2) is 4.79 Å². The van der Waals surface area contributed by atoms with Crippen molar-refractivity contribution in [2.75, 3.05) is 25.5 Å². The van der Waals surface area contributed by atoms with Crippen LogP contribution in [0.4, 0.5) is 10.5 Å². The highest BCUT2D eigenvalue weighted by atomic mass is 16.5. The summed E-state index contributed by atoms with van der Waals surface area (Å²) in [4.78, 5) is 24.9. The number of nitrogens with one attached hydrogen (secondary N) is 1. The lowest BCUT2D eigenvalue weighted by Crippen LogP contribution is -2.57. The largest absolute Gasteiger partial charge is 0.453 e. The Kier molecular flexibility index (Phi) is 4.12. The summed E-state index contributed by atoms with van der Waals surface area (Å²) in [5.74, 6) is -0.397. The van der Waals surface area contributed by atoms with E-state index in [2.05, 4.69) is 10.1 Å². The van der Waals surface area contributed by atoms with E-state index in [-0.39, 0.29) is 6.09 Å². The van der Waals surface area contributed by atoms with Gasteiger partial charge in [0.05, 0.1) is 7.11 Å². The first-order valence-electron chi connectivity index (χ1n) is 6.53. The fraction of sp³-hybridized carbons (Fsp3) is 0.429. The third kappa shape index (κ3) is 2.84. The standard InChI is InChI=1S/C14H19N3O3/c1-20-13(19)17-9-7-14(8-10-17,12(15)18)16-11-5-3-2-4-6-11/h2-6,16H,7-10H2,1H3,(H2,15,18). The molecule has 0 aromatic heterocycles. The summed E-state index contributed by atoms with van der Waals surface area (Å²) in [7, 11) is 1.35. The predicted octanol–water partition coefficient (Wildman–Crippen LogP) is 1.18. The number of nitrogens with two attached hydrogens (primary N) is 1. The average Bonchev–Trinajstić information content (AvgIpc) is 2.48. The molecular formula is C14H19N3O3. The number of rotatable bonds is 3. The number of amides is 2. The highest BCUT2D eigenvalue weighted by Crippen LogP contribution is 2.27. The second-order valence-corrected chi connectivity index (χ2v) is 4.89. The minimum atomic E-state index is -0.814. The van der Waals surface area contributed by atoms with Gasteiger partial charge in [-0.2, -0.15) is 0 Å². The van der Waals surface area contributed by atoms with Gasteiger partial charge in [0.25, 0.3) is 0 Å². The molecule has 0 aliphatic carbocycles. The lowest BCUT2D eigenvalue weighted by atomic mass is 9.86. The quantitative estimate of drug-likeness (QED) is 0.869. The van der Waals surface area contributed by atoms with Gasteiger partial charge in [0.2, 0.25) is 5.91 Å². The molecule has 1 aliphatic rings. The van der Waals surface area contributed by atoms with Crippen molar-refractivity contribution in [2.24, 2.45) is 5.73 Å². The minimum absolute atomic E-state index is 0.372. The third-order valence-electron chi connectivity index (χ3n) is 3.68. The molecule has 0 saturated carbocycles. The van der Waals surface area contributed by atoms with Crippen LogP contribution >= 0.6 is 0 Å². The maximum atomic E-state index is 11.9. The first-order chi connectivity index (χ1) is 9.57. The predicted molar refractivity (Wildman–Crippen MR) is 75.2 cm³/mol. The van der Waals surface area contributed by atoms with Crippen LogP contribution in [-0.4, -0.2) is 42.6 Å². The summed E-state index contributed by atoms with van der Waals surface area (Å²) in [6.07, 6.45) is 0.557. The zero-order valence-corrected chi connectivity index (χ0v) is 11.5. The molecule has 1 saturated heterocycles. The van der Waals surface area contributed by atoms with E-state index in [4.69, 9.17) is 5.73 Å². The summed E-state index contributed by atoms with van der Waals surface area (Å²) in [5, 5.41) is 3.22. The number of hydrogen-bond acceptors (Lipinski definition) is 4. The Labute approximate surface area is 117 Å². The number of benzene rings is 1. The molecule has 1 aliphatic heterocycles. The van der Waals surface area contributed by atoms with Crippen LogP contribution in [0.15, 0.2) is 30.3 Å². The van der Waals surface area contributed by atoms with Crippen LogP contribution in [0.3, 0.4) is 0 Å². The van der Waals surface area contributed by atoms with E-state index in [0.717, 1.165) is 5.69 Å². The molecular weight excluding hydrogens is 258 g/mol. The second-order valence-electron chi connectivity index (χ2n) is 4.89. The van der Waals surface area contributed by atoms with Crippen LogP contribution < -0.4 is 11.1 Å². The van der Waals surface area contributed by atoms with Crippen molar-refractivity contribution in [3.05, 3.63) is 30.3 Å². The van der Waals surface area contributed by atoms with Crippen molar-refractivity contribution in [3.63, 3.8) is 0 Å². The second kappa shape index (κ2) is 5.81. The van der Waals surface area contributed by atoms with Crippen molar-refractivity contribution in [1.29, 1.82) is 0 Å². The molecule has 20 heavy (non-hydrogen) atoms. The molecule has 0 unspecified atom stereocenters. The molecule has 0 spiro atoms. The maximum Gasteiger partial charge on any atom is 0.409 e. The summed E-state index contributed by atoms with van der Waals surface area (Å²) >= 11 is 0. The summed E-state index contributed by atoms with van der Waals surface area (Å²) < 4.78 is 4.69. The number of piperidine rings is 1. The van der Waals surface area contributed by atoms with Gasteiger partial charge < -0.3 is 20.7 Å². The van der Waals surface area contributed by atoms with Gasteiger partial charge in [-0.3, -0.25) is 4.79 Å². The van der Waals surface area contributed by atoms with Gasteiger partial charge in [-0.1, -0.05) is 18.2 Å². The number of carbonyl (C=O) groups excluding carboxylic acids is 2. The first kappa shape index (κ1) is 14.2. The molecule has 0 bridgehead atoms. The highest BCUT2D eigenvalue weighted by Gasteiger charge is 2.41. The number of ether oxygens (including phenoxy) is 1. The molecule has 1 aromatic carbocycles. The Balaban J connectivity index is 2.10. The molecule has 6 nitrogen and oxygen atoms in total. The van der Waals surface area contributed by atoms with Crippen molar-refractivity contribution in [3.8, 4) is 0 Å². The Morgan fingerprint density at radius 1 is 1.25 bits per heavy atom. The number of likely N-dealkylation sites (tertiary alicyclic amines) is 1. The van der Waals surface area contributed by atoms with Crippen LogP contribution in [0, 0.1) is 0 Å². The van der Waals surface area contributed by atoms with Crippen molar-refractivity contribution < 1.29 is 14.3 Å². The lowest BCUT2D eigenvalue weighted by molar-refractivity contribution is -0.123. The van der Waals surface area contributed by atoms with Crippen molar-refractivity contribution in [2.45, 2.75) is 18.4 Å². The van der Waals surface area contributed by atoms with Gasteiger partial charge in [0, 0.05) is 18.8 Å². The van der Waals surface area contributed by atoms with E-state index in [1.165, 1.54) is 7.11 Å².